The molecular formula is C13H10ClNO3. The van der Waals surface area contributed by atoms with Crippen molar-refractivity contribution in [3.05, 3.63) is 47.2 Å². The first-order chi connectivity index (χ1) is 8.65. The third-order valence-corrected chi connectivity index (χ3v) is 2.37. The number of benzene rings is 1. The first-order valence-electron chi connectivity index (χ1n) is 5.22. The molecule has 2 rings (SSSR count). The van der Waals surface area contributed by atoms with Crippen molar-refractivity contribution in [3.63, 3.8) is 0 Å². The van der Waals surface area contributed by atoms with Crippen molar-refractivity contribution in [2.45, 2.75) is 6.92 Å². The zero-order chi connectivity index (χ0) is 13.0. The Morgan fingerprint density at radius 3 is 2.67 bits per heavy atom. The van der Waals surface area contributed by atoms with Crippen LogP contribution in [0.2, 0.25) is 5.02 Å². The second kappa shape index (κ2) is 5.51. The standard InChI is InChI=1S/C13H10ClNO3/c1-9(16)18-15-8-12-6-7-13(17-12)10-2-4-11(14)5-3-10/h2-8H,1H3/b15-8-. The molecule has 0 unspecified atom stereocenters. The highest BCUT2D eigenvalue weighted by Gasteiger charge is 2.03. The minimum absolute atomic E-state index is 0.476. The van der Waals surface area contributed by atoms with E-state index < -0.39 is 5.97 Å². The molecule has 0 aliphatic rings. The molecule has 5 heteroatoms. The molecule has 2 aromatic rings. The lowest BCUT2D eigenvalue weighted by Gasteiger charge is -1.96. The van der Waals surface area contributed by atoms with Crippen LogP contribution in [-0.2, 0) is 9.63 Å². The highest BCUT2D eigenvalue weighted by molar-refractivity contribution is 6.30. The van der Waals surface area contributed by atoms with Gasteiger partial charge in [0.15, 0.2) is 0 Å². The molecule has 1 aromatic heterocycles. The van der Waals surface area contributed by atoms with Crippen LogP contribution in [0, 0.1) is 0 Å². The maximum Gasteiger partial charge on any atom is 0.331 e. The summed E-state index contributed by atoms with van der Waals surface area (Å²) >= 11 is 5.80. The normalized spacial score (nSPS) is 10.8. The van der Waals surface area contributed by atoms with Crippen molar-refractivity contribution in [3.8, 4) is 11.3 Å². The Hall–Kier alpha value is -2.07. The van der Waals surface area contributed by atoms with Crippen molar-refractivity contribution in [1.29, 1.82) is 0 Å². The molecule has 1 heterocycles. The smallest absolute Gasteiger partial charge is 0.331 e. The first kappa shape index (κ1) is 12.4. The molecule has 0 atom stereocenters. The number of hydrogen-bond acceptors (Lipinski definition) is 4. The van der Waals surface area contributed by atoms with Crippen molar-refractivity contribution in [2.24, 2.45) is 5.16 Å². The van der Waals surface area contributed by atoms with E-state index in [1.165, 1.54) is 13.1 Å². The Kier molecular flexibility index (Phi) is 3.79. The maximum absolute atomic E-state index is 10.5. The van der Waals surface area contributed by atoms with Gasteiger partial charge in [-0.3, -0.25) is 0 Å². The van der Waals surface area contributed by atoms with Crippen LogP contribution in [0.15, 0.2) is 46.0 Å². The second-order valence-corrected chi connectivity index (χ2v) is 3.96. The van der Waals surface area contributed by atoms with E-state index in [-0.39, 0.29) is 0 Å². The third kappa shape index (κ3) is 3.21. The lowest BCUT2D eigenvalue weighted by molar-refractivity contribution is -0.140. The first-order valence-corrected chi connectivity index (χ1v) is 5.59. The molecule has 1 aromatic carbocycles. The molecule has 18 heavy (non-hydrogen) atoms. The Balaban J connectivity index is 2.12. The summed E-state index contributed by atoms with van der Waals surface area (Å²) in [6.07, 6.45) is 1.33. The summed E-state index contributed by atoms with van der Waals surface area (Å²) < 4.78 is 5.51. The predicted molar refractivity (Wildman–Crippen MR) is 68.5 cm³/mol. The molecule has 0 fully saturated rings. The number of halogens is 1. The van der Waals surface area contributed by atoms with E-state index >= 15 is 0 Å². The van der Waals surface area contributed by atoms with Crippen molar-refractivity contribution < 1.29 is 14.0 Å². The maximum atomic E-state index is 10.5. The molecule has 0 amide bonds. The molecule has 0 radical (unpaired) electrons. The number of oxime groups is 1. The number of nitrogens with zero attached hydrogens (tertiary/aromatic N) is 1. The molecule has 0 aliphatic heterocycles. The highest BCUT2D eigenvalue weighted by atomic mass is 35.5. The summed E-state index contributed by atoms with van der Waals surface area (Å²) in [5.74, 6) is 0.716. The van der Waals surface area contributed by atoms with E-state index in [2.05, 4.69) is 9.99 Å². The topological polar surface area (TPSA) is 51.8 Å². The summed E-state index contributed by atoms with van der Waals surface area (Å²) in [5, 5.41) is 4.14. The average molecular weight is 264 g/mol. The zero-order valence-electron chi connectivity index (χ0n) is 9.59. The molecular weight excluding hydrogens is 254 g/mol. The summed E-state index contributed by atoms with van der Waals surface area (Å²) in [7, 11) is 0. The van der Waals surface area contributed by atoms with Crippen LogP contribution >= 0.6 is 11.6 Å². The minimum atomic E-state index is -0.476. The van der Waals surface area contributed by atoms with Gasteiger partial charge in [-0.05, 0) is 36.4 Å². The van der Waals surface area contributed by atoms with E-state index in [1.807, 2.05) is 12.1 Å². The van der Waals surface area contributed by atoms with Crippen LogP contribution in [0.3, 0.4) is 0 Å². The summed E-state index contributed by atoms with van der Waals surface area (Å²) in [4.78, 5) is 14.9. The van der Waals surface area contributed by atoms with Gasteiger partial charge >= 0.3 is 5.97 Å². The zero-order valence-corrected chi connectivity index (χ0v) is 10.3. The summed E-state index contributed by atoms with van der Waals surface area (Å²) in [6.45, 7) is 1.28. The molecule has 4 nitrogen and oxygen atoms in total. The largest absolute Gasteiger partial charge is 0.455 e. The lowest BCUT2D eigenvalue weighted by Crippen LogP contribution is -1.90. The van der Waals surface area contributed by atoms with E-state index in [4.69, 9.17) is 16.0 Å². The quantitative estimate of drug-likeness (QED) is 0.484. The van der Waals surface area contributed by atoms with E-state index in [9.17, 15) is 4.79 Å². The molecule has 0 saturated heterocycles. The third-order valence-electron chi connectivity index (χ3n) is 2.12. The van der Waals surface area contributed by atoms with Crippen molar-refractivity contribution >= 4 is 23.8 Å². The van der Waals surface area contributed by atoms with E-state index in [1.54, 1.807) is 24.3 Å². The Bertz CT molecular complexity index is 572. The number of carbonyl (C=O) groups is 1. The van der Waals surface area contributed by atoms with Gasteiger partial charge in [-0.1, -0.05) is 16.8 Å². The van der Waals surface area contributed by atoms with Crippen LogP contribution in [0.25, 0.3) is 11.3 Å². The molecule has 0 spiro atoms. The molecule has 0 aliphatic carbocycles. The molecule has 92 valence electrons. The van der Waals surface area contributed by atoms with Gasteiger partial charge < -0.3 is 9.25 Å². The highest BCUT2D eigenvalue weighted by Crippen LogP contribution is 2.23. The SMILES string of the molecule is CC(=O)O/N=C\c1ccc(-c2ccc(Cl)cc2)o1. The average Bonchev–Trinajstić information content (AvgIpc) is 2.78. The van der Waals surface area contributed by atoms with Crippen LogP contribution in [-0.4, -0.2) is 12.2 Å². The van der Waals surface area contributed by atoms with Crippen LogP contribution in [0.5, 0.6) is 0 Å². The fourth-order valence-electron chi connectivity index (χ4n) is 1.34. The van der Waals surface area contributed by atoms with Crippen LogP contribution in [0.1, 0.15) is 12.7 Å². The van der Waals surface area contributed by atoms with E-state index in [0.717, 1.165) is 5.56 Å². The Morgan fingerprint density at radius 1 is 1.28 bits per heavy atom. The van der Waals surface area contributed by atoms with Gasteiger partial charge in [-0.15, -0.1) is 0 Å². The number of carbonyl (C=O) groups excluding carboxylic acids is 1. The van der Waals surface area contributed by atoms with Gasteiger partial charge in [0.05, 0.1) is 0 Å². The number of furan rings is 1. The van der Waals surface area contributed by atoms with Gasteiger partial charge in [0.1, 0.15) is 17.7 Å². The fraction of sp³-hybridized carbons (Fsp3) is 0.0769. The van der Waals surface area contributed by atoms with Crippen molar-refractivity contribution in [2.75, 3.05) is 0 Å². The summed E-state index contributed by atoms with van der Waals surface area (Å²) in [6, 6.07) is 10.8. The van der Waals surface area contributed by atoms with Gasteiger partial charge in [-0.2, -0.15) is 0 Å². The van der Waals surface area contributed by atoms with Crippen LogP contribution in [0.4, 0.5) is 0 Å². The molecule has 0 N–H and O–H groups in total. The Morgan fingerprint density at radius 2 is 2.00 bits per heavy atom. The minimum Gasteiger partial charge on any atom is -0.455 e. The monoisotopic (exact) mass is 263 g/mol. The van der Waals surface area contributed by atoms with Crippen LogP contribution < -0.4 is 0 Å². The van der Waals surface area contributed by atoms with Gasteiger partial charge in [-0.25, -0.2) is 4.79 Å². The van der Waals surface area contributed by atoms with Gasteiger partial charge in [0.2, 0.25) is 0 Å². The molecule has 0 saturated carbocycles. The summed E-state index contributed by atoms with van der Waals surface area (Å²) in [5.41, 5.74) is 0.909. The lowest BCUT2D eigenvalue weighted by atomic mass is 10.2. The Labute approximate surface area is 109 Å². The number of hydrogen-bond donors (Lipinski definition) is 0. The molecule has 0 bridgehead atoms. The fourth-order valence-corrected chi connectivity index (χ4v) is 1.47. The number of rotatable bonds is 3. The second-order valence-electron chi connectivity index (χ2n) is 3.53. The van der Waals surface area contributed by atoms with Gasteiger partial charge in [0, 0.05) is 17.5 Å². The van der Waals surface area contributed by atoms with Gasteiger partial charge in [0.25, 0.3) is 0 Å². The van der Waals surface area contributed by atoms with Crippen molar-refractivity contribution in [1.82, 2.24) is 0 Å². The predicted octanol–water partition coefficient (Wildman–Crippen LogP) is 3.50. The van der Waals surface area contributed by atoms with E-state index in [0.29, 0.717) is 16.5 Å².